The van der Waals surface area contributed by atoms with Crippen LogP contribution in [0.4, 0.5) is 0 Å². The predicted molar refractivity (Wildman–Crippen MR) is 43.0 cm³/mol. The van der Waals surface area contributed by atoms with Crippen LogP contribution in [0.3, 0.4) is 0 Å². The quantitative estimate of drug-likeness (QED) is 0.591. The molecule has 1 rings (SSSR count). The molecule has 0 saturated carbocycles. The first kappa shape index (κ1) is 9.19. The second kappa shape index (κ2) is 3.23. The van der Waals surface area contributed by atoms with E-state index in [0.29, 0.717) is 18.5 Å². The summed E-state index contributed by atoms with van der Waals surface area (Å²) in [4.78, 5) is 0. The zero-order valence-corrected chi connectivity index (χ0v) is 7.21. The van der Waals surface area contributed by atoms with Crippen LogP contribution in [0.1, 0.15) is 6.42 Å². The Labute approximate surface area is 71.3 Å². The molecular weight excluding hydrogens is 178 g/mol. The highest BCUT2D eigenvalue weighted by atomic mass is 32.2. The lowest BCUT2D eigenvalue weighted by atomic mass is 10.1. The molecule has 0 spiro atoms. The average molecular weight is 187 g/mol. The second-order valence-electron chi connectivity index (χ2n) is 2.49. The highest BCUT2D eigenvalue weighted by molar-refractivity contribution is 7.86. The van der Waals surface area contributed by atoms with E-state index in [1.165, 1.54) is 0 Å². The molecule has 2 N–H and O–H groups in total. The van der Waals surface area contributed by atoms with Crippen molar-refractivity contribution in [3.05, 3.63) is 11.6 Å². The molecule has 0 aromatic heterocycles. The highest BCUT2D eigenvalue weighted by Crippen LogP contribution is 2.10. The fourth-order valence-electron chi connectivity index (χ4n) is 0.983. The van der Waals surface area contributed by atoms with E-state index in [1.54, 1.807) is 6.08 Å². The lowest BCUT2D eigenvalue weighted by Gasteiger charge is -2.20. The molecule has 0 aromatic carbocycles. The molecule has 0 fully saturated rings. The third-order valence-corrected chi connectivity index (χ3v) is 2.73. The van der Waals surface area contributed by atoms with Crippen LogP contribution in [0.5, 0.6) is 0 Å². The van der Waals surface area contributed by atoms with Gasteiger partial charge in [-0.3, -0.25) is 0 Å². The van der Waals surface area contributed by atoms with Gasteiger partial charge >= 0.3 is 0 Å². The van der Waals surface area contributed by atoms with Crippen LogP contribution in [0, 0.1) is 11.3 Å². The summed E-state index contributed by atoms with van der Waals surface area (Å²) in [5.74, 6) is 0. The van der Waals surface area contributed by atoms with Crippen LogP contribution in [0.15, 0.2) is 11.6 Å². The lowest BCUT2D eigenvalue weighted by molar-refractivity contribution is 0.435. The Balaban J connectivity index is 2.72. The summed E-state index contributed by atoms with van der Waals surface area (Å²) >= 11 is 0. The zero-order chi connectivity index (χ0) is 9.19. The van der Waals surface area contributed by atoms with E-state index in [1.807, 2.05) is 6.07 Å². The highest BCUT2D eigenvalue weighted by Gasteiger charge is 2.19. The summed E-state index contributed by atoms with van der Waals surface area (Å²) in [5.41, 5.74) is 0.620. The zero-order valence-electron chi connectivity index (χ0n) is 6.40. The molecule has 0 aromatic rings. The molecule has 66 valence electrons. The van der Waals surface area contributed by atoms with Crippen LogP contribution in [0.2, 0.25) is 0 Å². The molecule has 0 unspecified atom stereocenters. The molecule has 1 heterocycles. The van der Waals surface area contributed by atoms with Crippen LogP contribution >= 0.6 is 0 Å². The number of hydrogen-bond acceptors (Lipinski definition) is 3. The average Bonchev–Trinajstić information content (AvgIpc) is 2.03. The number of nitrogens with two attached hydrogens (primary N) is 1. The van der Waals surface area contributed by atoms with Gasteiger partial charge in [-0.05, 0) is 6.42 Å². The molecule has 6 heteroatoms. The molecule has 1 aliphatic heterocycles. The van der Waals surface area contributed by atoms with Crippen molar-refractivity contribution in [2.24, 2.45) is 5.14 Å². The van der Waals surface area contributed by atoms with E-state index in [4.69, 9.17) is 10.4 Å². The molecular formula is C6H9N3O2S. The smallest absolute Gasteiger partial charge is 0.216 e. The summed E-state index contributed by atoms with van der Waals surface area (Å²) < 4.78 is 22.7. The summed E-state index contributed by atoms with van der Waals surface area (Å²) in [6.07, 6.45) is 2.03. The Bertz CT molecular complexity index is 338. The lowest BCUT2D eigenvalue weighted by Crippen LogP contribution is -2.39. The monoisotopic (exact) mass is 187 g/mol. The van der Waals surface area contributed by atoms with Crippen LogP contribution in [0.25, 0.3) is 0 Å². The fourth-order valence-corrected chi connectivity index (χ4v) is 1.61. The van der Waals surface area contributed by atoms with E-state index in [9.17, 15) is 8.42 Å². The van der Waals surface area contributed by atoms with Crippen molar-refractivity contribution in [2.45, 2.75) is 6.42 Å². The van der Waals surface area contributed by atoms with Gasteiger partial charge in [0.25, 0.3) is 10.2 Å². The van der Waals surface area contributed by atoms with Crippen molar-refractivity contribution in [1.82, 2.24) is 4.31 Å². The van der Waals surface area contributed by atoms with E-state index < -0.39 is 10.2 Å². The van der Waals surface area contributed by atoms with Gasteiger partial charge in [0.1, 0.15) is 0 Å². The Morgan fingerprint density at radius 1 is 1.67 bits per heavy atom. The normalized spacial score (nSPS) is 19.8. The van der Waals surface area contributed by atoms with Gasteiger partial charge in [-0.25, -0.2) is 5.14 Å². The van der Waals surface area contributed by atoms with Gasteiger partial charge in [0, 0.05) is 18.7 Å². The summed E-state index contributed by atoms with van der Waals surface area (Å²) in [6, 6.07) is 1.97. The maximum absolute atomic E-state index is 10.8. The number of rotatable bonds is 1. The SMILES string of the molecule is N#CC1=CCN(S(N)(=O)=O)CC1. The van der Waals surface area contributed by atoms with Crippen molar-refractivity contribution < 1.29 is 8.42 Å². The Morgan fingerprint density at radius 3 is 2.67 bits per heavy atom. The van der Waals surface area contributed by atoms with Crippen molar-refractivity contribution in [3.63, 3.8) is 0 Å². The van der Waals surface area contributed by atoms with Gasteiger partial charge in [-0.2, -0.15) is 18.0 Å². The molecule has 1 aliphatic rings. The van der Waals surface area contributed by atoms with E-state index >= 15 is 0 Å². The van der Waals surface area contributed by atoms with Crippen molar-refractivity contribution in [2.75, 3.05) is 13.1 Å². The minimum absolute atomic E-state index is 0.210. The van der Waals surface area contributed by atoms with Gasteiger partial charge in [-0.15, -0.1) is 0 Å². The van der Waals surface area contributed by atoms with Gasteiger partial charge in [0.05, 0.1) is 6.07 Å². The van der Waals surface area contributed by atoms with Crippen molar-refractivity contribution >= 4 is 10.2 Å². The first-order valence-electron chi connectivity index (χ1n) is 3.41. The van der Waals surface area contributed by atoms with E-state index in [2.05, 4.69) is 0 Å². The van der Waals surface area contributed by atoms with Gasteiger partial charge in [0.2, 0.25) is 0 Å². The van der Waals surface area contributed by atoms with E-state index in [0.717, 1.165) is 4.31 Å². The number of hydrogen-bond donors (Lipinski definition) is 1. The fraction of sp³-hybridized carbons (Fsp3) is 0.500. The number of nitriles is 1. The molecule has 0 atom stereocenters. The summed E-state index contributed by atoms with van der Waals surface area (Å²) in [5, 5.41) is 13.3. The topological polar surface area (TPSA) is 87.2 Å². The second-order valence-corrected chi connectivity index (χ2v) is 4.04. The minimum atomic E-state index is -3.58. The summed E-state index contributed by atoms with van der Waals surface area (Å²) in [7, 11) is -3.58. The molecule has 12 heavy (non-hydrogen) atoms. The van der Waals surface area contributed by atoms with Crippen molar-refractivity contribution in [3.8, 4) is 6.07 Å². The van der Waals surface area contributed by atoms with Crippen LogP contribution < -0.4 is 5.14 Å². The van der Waals surface area contributed by atoms with Gasteiger partial charge < -0.3 is 0 Å². The van der Waals surface area contributed by atoms with Gasteiger partial charge in [0.15, 0.2) is 0 Å². The third kappa shape index (κ3) is 2.04. The predicted octanol–water partition coefficient (Wildman–Crippen LogP) is -0.654. The first-order valence-corrected chi connectivity index (χ1v) is 4.91. The molecule has 0 radical (unpaired) electrons. The maximum atomic E-state index is 10.8. The first-order chi connectivity index (χ1) is 5.54. The van der Waals surface area contributed by atoms with Crippen LogP contribution in [-0.4, -0.2) is 25.8 Å². The Kier molecular flexibility index (Phi) is 2.47. The molecule has 0 aliphatic carbocycles. The van der Waals surface area contributed by atoms with Crippen molar-refractivity contribution in [1.29, 1.82) is 5.26 Å². The maximum Gasteiger partial charge on any atom is 0.277 e. The third-order valence-electron chi connectivity index (χ3n) is 1.68. The molecule has 5 nitrogen and oxygen atoms in total. The van der Waals surface area contributed by atoms with Crippen LogP contribution in [-0.2, 0) is 10.2 Å². The molecule has 0 saturated heterocycles. The molecule has 0 bridgehead atoms. The Morgan fingerprint density at radius 2 is 2.33 bits per heavy atom. The van der Waals surface area contributed by atoms with E-state index in [-0.39, 0.29) is 6.54 Å². The standard InChI is InChI=1S/C6H9N3O2S/c7-5-6-1-3-9(4-2-6)12(8,10)11/h1H,2-4H2,(H2,8,10,11). The Hall–Kier alpha value is -0.900. The number of nitrogens with zero attached hydrogens (tertiary/aromatic N) is 2. The summed E-state index contributed by atoms with van der Waals surface area (Å²) in [6.45, 7) is 0.514. The largest absolute Gasteiger partial charge is 0.277 e. The van der Waals surface area contributed by atoms with Gasteiger partial charge in [-0.1, -0.05) is 6.08 Å². The molecule has 0 amide bonds. The minimum Gasteiger partial charge on any atom is -0.216 e.